The van der Waals surface area contributed by atoms with E-state index in [4.69, 9.17) is 0 Å². The Balaban J connectivity index is 2.59. The molecule has 2 atom stereocenters. The number of halogens is 4. The van der Waals surface area contributed by atoms with Gasteiger partial charge in [-0.25, -0.2) is 0 Å². The van der Waals surface area contributed by atoms with E-state index in [1.807, 2.05) is 0 Å². The molecular weight excluding hydrogens is 329 g/mol. The summed E-state index contributed by atoms with van der Waals surface area (Å²) >= 11 is 3.17. The van der Waals surface area contributed by atoms with Crippen molar-refractivity contribution in [3.8, 4) is 0 Å². The van der Waals surface area contributed by atoms with E-state index in [9.17, 15) is 28.2 Å². The summed E-state index contributed by atoms with van der Waals surface area (Å²) in [7, 11) is 0. The first-order valence-electron chi connectivity index (χ1n) is 5.43. The zero-order valence-corrected chi connectivity index (χ0v) is 11.3. The number of ketones is 1. The summed E-state index contributed by atoms with van der Waals surface area (Å²) in [6.07, 6.45) is -8.97. The Labute approximate surface area is 116 Å². The number of alkyl halides is 3. The van der Waals surface area contributed by atoms with E-state index in [1.165, 1.54) is 6.07 Å². The maximum Gasteiger partial charge on any atom is 0.449 e. The first kappa shape index (κ1) is 16.1. The minimum absolute atomic E-state index is 0.362. The lowest BCUT2D eigenvalue weighted by Gasteiger charge is -2.18. The Morgan fingerprint density at radius 3 is 2.47 bits per heavy atom. The highest BCUT2D eigenvalue weighted by Crippen LogP contribution is 2.25. The first-order valence-corrected chi connectivity index (χ1v) is 6.22. The van der Waals surface area contributed by atoms with E-state index in [0.717, 1.165) is 0 Å². The summed E-state index contributed by atoms with van der Waals surface area (Å²) in [5.74, 6) is -1.91. The van der Waals surface area contributed by atoms with Crippen molar-refractivity contribution in [1.29, 1.82) is 0 Å². The van der Waals surface area contributed by atoms with Crippen LogP contribution in [0.1, 0.15) is 24.5 Å². The van der Waals surface area contributed by atoms with Gasteiger partial charge in [-0.2, -0.15) is 13.2 Å². The fourth-order valence-electron chi connectivity index (χ4n) is 1.49. The maximum atomic E-state index is 12.0. The topological polar surface area (TPSA) is 57.5 Å². The van der Waals surface area contributed by atoms with E-state index >= 15 is 0 Å². The second kappa shape index (κ2) is 6.49. The highest BCUT2D eigenvalue weighted by atomic mass is 79.9. The SMILES string of the molecule is O=C(CC[C@H](O)[C@@H](O)c1cccc(Br)c1)C(F)(F)F. The van der Waals surface area contributed by atoms with E-state index in [0.29, 0.717) is 10.0 Å². The van der Waals surface area contributed by atoms with Gasteiger partial charge in [-0.15, -0.1) is 0 Å². The first-order chi connectivity index (χ1) is 8.71. The Bertz CT molecular complexity index is 448. The van der Waals surface area contributed by atoms with Gasteiger partial charge in [-0.1, -0.05) is 28.1 Å². The van der Waals surface area contributed by atoms with Gasteiger partial charge in [0.15, 0.2) is 0 Å². The summed E-state index contributed by atoms with van der Waals surface area (Å²) in [6, 6.07) is 6.40. The zero-order valence-electron chi connectivity index (χ0n) is 9.69. The second-order valence-electron chi connectivity index (χ2n) is 4.03. The molecule has 0 bridgehead atoms. The van der Waals surface area contributed by atoms with Crippen LogP contribution in [0.3, 0.4) is 0 Å². The van der Waals surface area contributed by atoms with Crippen LogP contribution in [0.5, 0.6) is 0 Å². The minimum Gasteiger partial charge on any atom is -0.390 e. The van der Waals surface area contributed by atoms with Crippen molar-refractivity contribution in [2.24, 2.45) is 0 Å². The van der Waals surface area contributed by atoms with Crippen LogP contribution in [0, 0.1) is 0 Å². The van der Waals surface area contributed by atoms with Crippen molar-refractivity contribution in [3.63, 3.8) is 0 Å². The molecule has 2 N–H and O–H groups in total. The number of aliphatic hydroxyl groups excluding tert-OH is 2. The molecule has 0 heterocycles. The predicted molar refractivity (Wildman–Crippen MR) is 65.4 cm³/mol. The second-order valence-corrected chi connectivity index (χ2v) is 4.94. The fraction of sp³-hybridized carbons (Fsp3) is 0.417. The van der Waals surface area contributed by atoms with Gasteiger partial charge in [-0.05, 0) is 24.1 Å². The van der Waals surface area contributed by atoms with E-state index in [2.05, 4.69) is 15.9 Å². The molecule has 3 nitrogen and oxygen atoms in total. The van der Waals surface area contributed by atoms with Crippen LogP contribution in [0.25, 0.3) is 0 Å². The summed E-state index contributed by atoms with van der Waals surface area (Å²) < 4.78 is 36.6. The normalized spacial score (nSPS) is 15.1. The number of hydrogen-bond acceptors (Lipinski definition) is 3. The Kier molecular flexibility index (Phi) is 5.51. The maximum absolute atomic E-state index is 12.0. The predicted octanol–water partition coefficient (Wildman–Crippen LogP) is 2.76. The largest absolute Gasteiger partial charge is 0.449 e. The number of aliphatic hydroxyl groups is 2. The van der Waals surface area contributed by atoms with Gasteiger partial charge in [0.05, 0.1) is 6.10 Å². The summed E-state index contributed by atoms with van der Waals surface area (Å²) in [5, 5.41) is 19.4. The van der Waals surface area contributed by atoms with E-state index < -0.39 is 37.0 Å². The molecule has 0 amide bonds. The van der Waals surface area contributed by atoms with Gasteiger partial charge in [0, 0.05) is 10.9 Å². The molecule has 1 rings (SSSR count). The van der Waals surface area contributed by atoms with Crippen molar-refractivity contribution in [3.05, 3.63) is 34.3 Å². The lowest BCUT2D eigenvalue weighted by Crippen LogP contribution is -2.26. The monoisotopic (exact) mass is 340 g/mol. The Morgan fingerprint density at radius 1 is 1.32 bits per heavy atom. The van der Waals surface area contributed by atoms with Crippen LogP contribution in [0.4, 0.5) is 13.2 Å². The average Bonchev–Trinajstić information content (AvgIpc) is 2.33. The van der Waals surface area contributed by atoms with Crippen molar-refractivity contribution in [2.45, 2.75) is 31.2 Å². The van der Waals surface area contributed by atoms with Crippen molar-refractivity contribution >= 4 is 21.7 Å². The third kappa shape index (κ3) is 4.93. The molecule has 0 aliphatic carbocycles. The minimum atomic E-state index is -4.90. The molecule has 0 aliphatic rings. The number of rotatable bonds is 5. The molecule has 0 saturated heterocycles. The highest BCUT2D eigenvalue weighted by molar-refractivity contribution is 9.10. The highest BCUT2D eigenvalue weighted by Gasteiger charge is 2.38. The molecule has 0 aromatic heterocycles. The van der Waals surface area contributed by atoms with Crippen molar-refractivity contribution in [2.75, 3.05) is 0 Å². The average molecular weight is 341 g/mol. The lowest BCUT2D eigenvalue weighted by atomic mass is 10.00. The van der Waals surface area contributed by atoms with Gasteiger partial charge in [0.25, 0.3) is 0 Å². The van der Waals surface area contributed by atoms with Crippen LogP contribution in [-0.2, 0) is 4.79 Å². The lowest BCUT2D eigenvalue weighted by molar-refractivity contribution is -0.171. The number of carbonyl (C=O) groups is 1. The Hall–Kier alpha value is -0.920. The molecule has 0 aliphatic heterocycles. The van der Waals surface area contributed by atoms with Gasteiger partial charge < -0.3 is 10.2 Å². The number of benzene rings is 1. The Morgan fingerprint density at radius 2 is 1.95 bits per heavy atom. The van der Waals surface area contributed by atoms with E-state index in [1.54, 1.807) is 18.2 Å². The molecular formula is C12H12BrF3O3. The van der Waals surface area contributed by atoms with Gasteiger partial charge in [-0.3, -0.25) is 4.79 Å². The summed E-state index contributed by atoms with van der Waals surface area (Å²) in [6.45, 7) is 0. The molecule has 19 heavy (non-hydrogen) atoms. The third-order valence-electron chi connectivity index (χ3n) is 2.54. The molecule has 0 saturated carbocycles. The van der Waals surface area contributed by atoms with Gasteiger partial charge in [0.1, 0.15) is 6.10 Å². The van der Waals surface area contributed by atoms with Crippen LogP contribution in [-0.4, -0.2) is 28.3 Å². The molecule has 0 fully saturated rings. The van der Waals surface area contributed by atoms with Crippen molar-refractivity contribution in [1.82, 2.24) is 0 Å². The third-order valence-corrected chi connectivity index (χ3v) is 3.03. The summed E-state index contributed by atoms with van der Waals surface area (Å²) in [5.41, 5.74) is 0.362. The van der Waals surface area contributed by atoms with Crippen LogP contribution in [0.15, 0.2) is 28.7 Å². The molecule has 0 spiro atoms. The molecule has 1 aromatic carbocycles. The molecule has 106 valence electrons. The number of Topliss-reactive ketones (excluding diaryl/α,β-unsaturated/α-hetero) is 1. The quantitative estimate of drug-likeness (QED) is 0.866. The molecule has 0 unspecified atom stereocenters. The van der Waals surface area contributed by atoms with Crippen LogP contribution < -0.4 is 0 Å². The zero-order chi connectivity index (χ0) is 14.6. The molecule has 7 heteroatoms. The standard InChI is InChI=1S/C12H12BrF3O3/c13-8-3-1-2-7(6-8)11(19)9(17)4-5-10(18)12(14,15)16/h1-3,6,9,11,17,19H,4-5H2/t9-,11-/m0/s1. The molecule has 1 aromatic rings. The summed E-state index contributed by atoms with van der Waals surface area (Å²) in [4.78, 5) is 10.7. The van der Waals surface area contributed by atoms with Gasteiger partial charge in [0.2, 0.25) is 5.78 Å². The smallest absolute Gasteiger partial charge is 0.390 e. The van der Waals surface area contributed by atoms with Crippen LogP contribution >= 0.6 is 15.9 Å². The van der Waals surface area contributed by atoms with E-state index in [-0.39, 0.29) is 0 Å². The number of hydrogen-bond donors (Lipinski definition) is 2. The number of carbonyl (C=O) groups excluding carboxylic acids is 1. The van der Waals surface area contributed by atoms with Crippen molar-refractivity contribution < 1.29 is 28.2 Å². The van der Waals surface area contributed by atoms with Gasteiger partial charge >= 0.3 is 6.18 Å². The molecule has 0 radical (unpaired) electrons. The van der Waals surface area contributed by atoms with Crippen LogP contribution in [0.2, 0.25) is 0 Å². The fourth-order valence-corrected chi connectivity index (χ4v) is 1.91.